The molecule has 33 heavy (non-hydrogen) atoms. The average Bonchev–Trinajstić information content (AvgIpc) is 3.38. The van der Waals surface area contributed by atoms with Gasteiger partial charge in [-0.25, -0.2) is 0 Å². The van der Waals surface area contributed by atoms with Crippen LogP contribution in [0.3, 0.4) is 0 Å². The first-order valence-corrected chi connectivity index (χ1v) is 12.2. The van der Waals surface area contributed by atoms with Gasteiger partial charge in [-0.05, 0) is 64.9 Å². The number of rotatable bonds is 10. The van der Waals surface area contributed by atoms with Crippen LogP contribution in [0, 0.1) is 0 Å². The maximum atomic E-state index is 6.24. The van der Waals surface area contributed by atoms with Crippen molar-refractivity contribution in [1.29, 1.82) is 0 Å². The number of hydrogen-bond donors (Lipinski definition) is 0. The molecule has 1 fully saturated rings. The van der Waals surface area contributed by atoms with Gasteiger partial charge in [-0.1, -0.05) is 54.6 Å². The van der Waals surface area contributed by atoms with Crippen LogP contribution >= 0.6 is 0 Å². The van der Waals surface area contributed by atoms with Crippen molar-refractivity contribution >= 4 is 0 Å². The van der Waals surface area contributed by atoms with Gasteiger partial charge in [0.2, 0.25) is 0 Å². The van der Waals surface area contributed by atoms with E-state index in [-0.39, 0.29) is 0 Å². The Morgan fingerprint density at radius 1 is 0.576 bits per heavy atom. The van der Waals surface area contributed by atoms with Gasteiger partial charge in [0.25, 0.3) is 0 Å². The Labute approximate surface area is 198 Å². The summed E-state index contributed by atoms with van der Waals surface area (Å²) in [5, 5.41) is 0. The summed E-state index contributed by atoms with van der Waals surface area (Å²) in [5.41, 5.74) is 2.74. The second-order valence-corrected chi connectivity index (χ2v) is 8.19. The molecule has 1 saturated heterocycles. The maximum absolute atomic E-state index is 6.24. The number of para-hydroxylation sites is 3. The molecule has 0 aliphatic carbocycles. The Kier molecular flexibility index (Phi) is 7.56. The van der Waals surface area contributed by atoms with Crippen molar-refractivity contribution < 1.29 is 14.2 Å². The summed E-state index contributed by atoms with van der Waals surface area (Å²) in [6.07, 6.45) is 2.32. The monoisotopic (exact) mass is 445 g/mol. The Morgan fingerprint density at radius 3 is 1.24 bits per heavy atom. The standard InChI is InChI=1S/C29H35NO3/c1-4-31-26-18-10-7-15-23(26)29(30-21-13-14-22-30,24-16-8-11-19-27(24)32-5-2)25-17-9-12-20-28(25)33-6-3/h7-12,15-20H,4-6,13-14,21-22H2,1-3H3. The quantitative estimate of drug-likeness (QED) is 0.344. The topological polar surface area (TPSA) is 30.9 Å². The third-order valence-corrected chi connectivity index (χ3v) is 6.31. The molecule has 4 rings (SSSR count). The van der Waals surface area contributed by atoms with Crippen LogP contribution in [0.15, 0.2) is 72.8 Å². The lowest BCUT2D eigenvalue weighted by Gasteiger charge is -2.45. The number of likely N-dealkylation sites (tertiary alicyclic amines) is 1. The van der Waals surface area contributed by atoms with Crippen molar-refractivity contribution in [2.75, 3.05) is 32.9 Å². The molecule has 174 valence electrons. The number of benzene rings is 3. The molecule has 1 aliphatic heterocycles. The highest BCUT2D eigenvalue weighted by Gasteiger charge is 2.48. The first-order valence-electron chi connectivity index (χ1n) is 12.2. The van der Waals surface area contributed by atoms with Crippen molar-refractivity contribution in [2.24, 2.45) is 0 Å². The largest absolute Gasteiger partial charge is 0.493 e. The zero-order chi connectivity index (χ0) is 23.1. The van der Waals surface area contributed by atoms with E-state index in [4.69, 9.17) is 14.2 Å². The average molecular weight is 446 g/mol. The molecule has 4 heteroatoms. The maximum Gasteiger partial charge on any atom is 0.125 e. The lowest BCUT2D eigenvalue weighted by atomic mass is 9.74. The van der Waals surface area contributed by atoms with Crippen LogP contribution in [0.1, 0.15) is 50.3 Å². The summed E-state index contributed by atoms with van der Waals surface area (Å²) in [4.78, 5) is 2.58. The first kappa shape index (κ1) is 23.2. The smallest absolute Gasteiger partial charge is 0.125 e. The predicted molar refractivity (Wildman–Crippen MR) is 134 cm³/mol. The van der Waals surface area contributed by atoms with Gasteiger partial charge in [-0.3, -0.25) is 4.90 Å². The molecule has 0 amide bonds. The van der Waals surface area contributed by atoms with E-state index in [1.54, 1.807) is 0 Å². The van der Waals surface area contributed by atoms with Crippen LogP contribution in [-0.4, -0.2) is 37.8 Å². The van der Waals surface area contributed by atoms with E-state index in [1.807, 2.05) is 39.0 Å². The fourth-order valence-corrected chi connectivity index (χ4v) is 5.14. The molecule has 0 radical (unpaired) electrons. The molecular weight excluding hydrogens is 410 g/mol. The van der Waals surface area contributed by atoms with Gasteiger partial charge in [0.05, 0.1) is 19.8 Å². The van der Waals surface area contributed by atoms with Gasteiger partial charge < -0.3 is 14.2 Å². The number of nitrogens with zero attached hydrogens (tertiary/aromatic N) is 1. The van der Waals surface area contributed by atoms with Gasteiger partial charge >= 0.3 is 0 Å². The van der Waals surface area contributed by atoms with Crippen LogP contribution in [-0.2, 0) is 5.54 Å². The lowest BCUT2D eigenvalue weighted by molar-refractivity contribution is 0.179. The minimum atomic E-state index is -0.611. The molecule has 4 nitrogen and oxygen atoms in total. The number of ether oxygens (including phenoxy) is 3. The van der Waals surface area contributed by atoms with E-state index in [0.29, 0.717) is 19.8 Å². The molecular formula is C29H35NO3. The van der Waals surface area contributed by atoms with Crippen molar-refractivity contribution in [3.05, 3.63) is 89.5 Å². The SMILES string of the molecule is CCOc1ccccc1C(c1ccccc1OCC)(c1ccccc1OCC)N1CCCC1. The van der Waals surface area contributed by atoms with Crippen LogP contribution in [0.4, 0.5) is 0 Å². The van der Waals surface area contributed by atoms with Gasteiger partial charge in [-0.15, -0.1) is 0 Å². The second-order valence-electron chi connectivity index (χ2n) is 8.19. The molecule has 0 unspecified atom stereocenters. The highest BCUT2D eigenvalue weighted by molar-refractivity contribution is 5.61. The van der Waals surface area contributed by atoms with Gasteiger partial charge in [0.1, 0.15) is 22.8 Å². The summed E-state index contributed by atoms with van der Waals surface area (Å²) in [6, 6.07) is 25.3. The van der Waals surface area contributed by atoms with E-state index >= 15 is 0 Å². The molecule has 0 saturated carbocycles. The van der Waals surface area contributed by atoms with Crippen LogP contribution in [0.5, 0.6) is 17.2 Å². The zero-order valence-electron chi connectivity index (χ0n) is 20.0. The third kappa shape index (κ3) is 4.32. The normalized spacial score (nSPS) is 14.3. The van der Waals surface area contributed by atoms with E-state index in [9.17, 15) is 0 Å². The highest BCUT2D eigenvalue weighted by Crippen LogP contribution is 2.52. The van der Waals surface area contributed by atoms with Crippen LogP contribution in [0.2, 0.25) is 0 Å². The minimum absolute atomic E-state index is 0.604. The first-order chi connectivity index (χ1) is 16.3. The minimum Gasteiger partial charge on any atom is -0.493 e. The Morgan fingerprint density at radius 2 is 0.909 bits per heavy atom. The summed E-state index contributed by atoms with van der Waals surface area (Å²) < 4.78 is 18.7. The Bertz CT molecular complexity index is 922. The Balaban J connectivity index is 2.14. The van der Waals surface area contributed by atoms with Crippen molar-refractivity contribution in [3.63, 3.8) is 0 Å². The molecule has 3 aromatic rings. The molecule has 0 atom stereocenters. The molecule has 0 bridgehead atoms. The predicted octanol–water partition coefficient (Wildman–Crippen LogP) is 6.27. The molecule has 3 aromatic carbocycles. The Hall–Kier alpha value is -2.98. The van der Waals surface area contributed by atoms with Crippen molar-refractivity contribution in [2.45, 2.75) is 39.2 Å². The summed E-state index contributed by atoms with van der Waals surface area (Å²) >= 11 is 0. The van der Waals surface area contributed by atoms with Crippen molar-refractivity contribution in [1.82, 2.24) is 4.90 Å². The third-order valence-electron chi connectivity index (χ3n) is 6.31. The summed E-state index contributed by atoms with van der Waals surface area (Å²) in [6.45, 7) is 9.90. The van der Waals surface area contributed by atoms with E-state index < -0.39 is 5.54 Å². The van der Waals surface area contributed by atoms with E-state index in [1.165, 1.54) is 0 Å². The van der Waals surface area contributed by atoms with Gasteiger partial charge in [0.15, 0.2) is 0 Å². The molecule has 1 heterocycles. The fourth-order valence-electron chi connectivity index (χ4n) is 5.14. The molecule has 0 spiro atoms. The lowest BCUT2D eigenvalue weighted by Crippen LogP contribution is -2.47. The highest BCUT2D eigenvalue weighted by atomic mass is 16.5. The van der Waals surface area contributed by atoms with Crippen LogP contribution in [0.25, 0.3) is 0 Å². The van der Waals surface area contributed by atoms with Crippen molar-refractivity contribution in [3.8, 4) is 17.2 Å². The molecule has 0 aromatic heterocycles. The van der Waals surface area contributed by atoms with Gasteiger partial charge in [-0.2, -0.15) is 0 Å². The zero-order valence-corrected chi connectivity index (χ0v) is 20.0. The van der Waals surface area contributed by atoms with E-state index in [2.05, 4.69) is 59.5 Å². The number of hydrogen-bond acceptors (Lipinski definition) is 4. The summed E-state index contributed by atoms with van der Waals surface area (Å²) in [7, 11) is 0. The summed E-state index contributed by atoms with van der Waals surface area (Å²) in [5.74, 6) is 2.68. The van der Waals surface area contributed by atoms with Gasteiger partial charge in [0, 0.05) is 16.7 Å². The van der Waals surface area contributed by atoms with E-state index in [0.717, 1.165) is 59.9 Å². The second kappa shape index (κ2) is 10.8. The molecule has 1 aliphatic rings. The molecule has 0 N–H and O–H groups in total. The fraction of sp³-hybridized carbons (Fsp3) is 0.379. The van der Waals surface area contributed by atoms with Crippen LogP contribution < -0.4 is 14.2 Å².